The highest BCUT2D eigenvalue weighted by Crippen LogP contribution is 2.59. The minimum atomic E-state index is 0.0800. The van der Waals surface area contributed by atoms with Crippen molar-refractivity contribution in [2.24, 2.45) is 16.7 Å². The quantitative estimate of drug-likeness (QED) is 0.863. The molecule has 4 nitrogen and oxygen atoms in total. The summed E-state index contributed by atoms with van der Waals surface area (Å²) < 4.78 is 5.79. The molecule has 1 saturated heterocycles. The Hall–Kier alpha value is -0.610. The standard InChI is InChI=1S/C17H30N2O2/c1-5-21-14-10-13(16(14,2)3)19(4)15(20)12-11-17(12)6-8-18-9-7-17/h12-14,18H,5-11H2,1-4H3. The van der Waals surface area contributed by atoms with Gasteiger partial charge in [-0.05, 0) is 51.1 Å². The van der Waals surface area contributed by atoms with Crippen LogP contribution in [0.5, 0.6) is 0 Å². The molecule has 3 unspecified atom stereocenters. The molecule has 1 amide bonds. The molecule has 0 aromatic rings. The maximum Gasteiger partial charge on any atom is 0.226 e. The van der Waals surface area contributed by atoms with Gasteiger partial charge < -0.3 is 15.0 Å². The van der Waals surface area contributed by atoms with E-state index in [1.807, 2.05) is 18.9 Å². The molecule has 3 rings (SSSR count). The largest absolute Gasteiger partial charge is 0.378 e. The molecule has 1 N–H and O–H groups in total. The number of carbonyl (C=O) groups is 1. The highest BCUT2D eigenvalue weighted by Gasteiger charge is 2.60. The number of rotatable bonds is 4. The number of hydrogen-bond acceptors (Lipinski definition) is 3. The first kappa shape index (κ1) is 15.3. The Morgan fingerprint density at radius 1 is 1.33 bits per heavy atom. The van der Waals surface area contributed by atoms with Gasteiger partial charge in [-0.25, -0.2) is 0 Å². The summed E-state index contributed by atoms with van der Waals surface area (Å²) in [5.74, 6) is 0.663. The number of nitrogens with one attached hydrogen (secondary N) is 1. The van der Waals surface area contributed by atoms with Gasteiger partial charge in [-0.2, -0.15) is 0 Å². The molecular formula is C17H30N2O2. The predicted octanol–water partition coefficient (Wildman–Crippen LogP) is 2.04. The van der Waals surface area contributed by atoms with E-state index in [4.69, 9.17) is 4.74 Å². The Morgan fingerprint density at radius 3 is 2.57 bits per heavy atom. The molecular weight excluding hydrogens is 264 g/mol. The zero-order valence-electron chi connectivity index (χ0n) is 13.9. The lowest BCUT2D eigenvalue weighted by molar-refractivity contribution is -0.165. The molecule has 4 heteroatoms. The van der Waals surface area contributed by atoms with Crippen molar-refractivity contribution in [3.05, 3.63) is 0 Å². The third-order valence-electron chi connectivity index (χ3n) is 6.40. The van der Waals surface area contributed by atoms with Crippen LogP contribution < -0.4 is 5.32 Å². The van der Waals surface area contributed by atoms with E-state index in [-0.39, 0.29) is 11.3 Å². The molecule has 3 atom stereocenters. The molecule has 1 aliphatic heterocycles. The monoisotopic (exact) mass is 294 g/mol. The van der Waals surface area contributed by atoms with Crippen molar-refractivity contribution in [1.82, 2.24) is 10.2 Å². The smallest absolute Gasteiger partial charge is 0.226 e. The number of ether oxygens (including phenoxy) is 1. The van der Waals surface area contributed by atoms with Crippen LogP contribution in [0, 0.1) is 16.7 Å². The molecule has 3 fully saturated rings. The molecule has 2 aliphatic carbocycles. The molecule has 3 aliphatic rings. The molecule has 120 valence electrons. The molecule has 0 aromatic heterocycles. The second kappa shape index (κ2) is 5.24. The molecule has 1 spiro atoms. The Balaban J connectivity index is 1.59. The topological polar surface area (TPSA) is 41.6 Å². The van der Waals surface area contributed by atoms with Gasteiger partial charge in [0, 0.05) is 31.0 Å². The van der Waals surface area contributed by atoms with E-state index in [0.717, 1.165) is 32.5 Å². The van der Waals surface area contributed by atoms with Crippen molar-refractivity contribution in [2.75, 3.05) is 26.7 Å². The van der Waals surface area contributed by atoms with E-state index < -0.39 is 0 Å². The van der Waals surface area contributed by atoms with Gasteiger partial charge in [0.2, 0.25) is 5.91 Å². The van der Waals surface area contributed by atoms with Gasteiger partial charge in [0.1, 0.15) is 0 Å². The maximum atomic E-state index is 12.8. The maximum absolute atomic E-state index is 12.8. The summed E-state index contributed by atoms with van der Waals surface area (Å²) in [6.07, 6.45) is 4.75. The molecule has 0 radical (unpaired) electrons. The van der Waals surface area contributed by atoms with E-state index in [9.17, 15) is 4.79 Å². The number of amides is 1. The zero-order valence-corrected chi connectivity index (χ0v) is 13.9. The van der Waals surface area contributed by atoms with Gasteiger partial charge >= 0.3 is 0 Å². The van der Waals surface area contributed by atoms with Crippen LogP contribution in [0.3, 0.4) is 0 Å². The lowest BCUT2D eigenvalue weighted by Gasteiger charge is -2.55. The molecule has 21 heavy (non-hydrogen) atoms. The molecule has 2 saturated carbocycles. The van der Waals surface area contributed by atoms with Gasteiger partial charge in [-0.1, -0.05) is 13.8 Å². The third-order valence-corrected chi connectivity index (χ3v) is 6.40. The lowest BCUT2D eigenvalue weighted by Crippen LogP contribution is -2.62. The van der Waals surface area contributed by atoms with Crippen molar-refractivity contribution >= 4 is 5.91 Å². The minimum absolute atomic E-state index is 0.0800. The number of carbonyl (C=O) groups excluding carboxylic acids is 1. The van der Waals surface area contributed by atoms with E-state index in [2.05, 4.69) is 19.2 Å². The second-order valence-electron chi connectivity index (χ2n) is 7.84. The predicted molar refractivity (Wildman–Crippen MR) is 83.0 cm³/mol. The van der Waals surface area contributed by atoms with Gasteiger partial charge in [0.15, 0.2) is 0 Å². The molecule has 0 bridgehead atoms. The number of piperidine rings is 1. The van der Waals surface area contributed by atoms with E-state index >= 15 is 0 Å². The Morgan fingerprint density at radius 2 is 2.00 bits per heavy atom. The lowest BCUT2D eigenvalue weighted by atomic mass is 9.63. The van der Waals surface area contributed by atoms with Crippen molar-refractivity contribution in [1.29, 1.82) is 0 Å². The summed E-state index contributed by atoms with van der Waals surface area (Å²) in [4.78, 5) is 14.9. The third kappa shape index (κ3) is 2.40. The van der Waals surface area contributed by atoms with Crippen LogP contribution in [0.1, 0.15) is 46.5 Å². The summed E-state index contributed by atoms with van der Waals surface area (Å²) in [5.41, 5.74) is 0.417. The van der Waals surface area contributed by atoms with Crippen molar-refractivity contribution in [3.8, 4) is 0 Å². The summed E-state index contributed by atoms with van der Waals surface area (Å²) in [6.45, 7) is 9.43. The average Bonchev–Trinajstić information content (AvgIpc) is 3.15. The average molecular weight is 294 g/mol. The SMILES string of the molecule is CCOC1CC(N(C)C(=O)C2CC23CCNCC3)C1(C)C. The van der Waals surface area contributed by atoms with Gasteiger partial charge in [0.05, 0.1) is 6.10 Å². The minimum Gasteiger partial charge on any atom is -0.378 e. The number of nitrogens with zero attached hydrogens (tertiary/aromatic N) is 1. The van der Waals surface area contributed by atoms with Crippen molar-refractivity contribution < 1.29 is 9.53 Å². The first-order valence-electron chi connectivity index (χ1n) is 8.51. The summed E-state index contributed by atoms with van der Waals surface area (Å²) in [5, 5.41) is 3.41. The molecule has 0 aromatic carbocycles. The van der Waals surface area contributed by atoms with Crippen LogP contribution in [0.2, 0.25) is 0 Å². The van der Waals surface area contributed by atoms with E-state index in [1.165, 1.54) is 12.8 Å². The fraction of sp³-hybridized carbons (Fsp3) is 0.941. The normalized spacial score (nSPS) is 36.1. The fourth-order valence-corrected chi connectivity index (χ4v) is 4.58. The van der Waals surface area contributed by atoms with Crippen molar-refractivity contribution in [3.63, 3.8) is 0 Å². The fourth-order valence-electron chi connectivity index (χ4n) is 4.58. The Labute approximate surface area is 128 Å². The second-order valence-corrected chi connectivity index (χ2v) is 7.84. The van der Waals surface area contributed by atoms with Crippen molar-refractivity contribution in [2.45, 2.75) is 58.6 Å². The van der Waals surface area contributed by atoms with Crippen LogP contribution in [-0.2, 0) is 9.53 Å². The van der Waals surface area contributed by atoms with Gasteiger partial charge in [0.25, 0.3) is 0 Å². The molecule has 1 heterocycles. The number of hydrogen-bond donors (Lipinski definition) is 1. The van der Waals surface area contributed by atoms with Crippen LogP contribution in [0.4, 0.5) is 0 Å². The zero-order chi connectivity index (χ0) is 15.3. The highest BCUT2D eigenvalue weighted by atomic mass is 16.5. The van der Waals surface area contributed by atoms with Crippen LogP contribution in [0.15, 0.2) is 0 Å². The Kier molecular flexibility index (Phi) is 3.81. The first-order valence-corrected chi connectivity index (χ1v) is 8.51. The van der Waals surface area contributed by atoms with Gasteiger partial charge in [-0.3, -0.25) is 4.79 Å². The van der Waals surface area contributed by atoms with Crippen LogP contribution >= 0.6 is 0 Å². The first-order chi connectivity index (χ1) is 9.92. The highest BCUT2D eigenvalue weighted by molar-refractivity contribution is 5.83. The summed E-state index contributed by atoms with van der Waals surface area (Å²) in [6, 6.07) is 0.334. The van der Waals surface area contributed by atoms with Crippen LogP contribution in [-0.4, -0.2) is 49.7 Å². The van der Waals surface area contributed by atoms with Crippen LogP contribution in [0.25, 0.3) is 0 Å². The van der Waals surface area contributed by atoms with E-state index in [0.29, 0.717) is 23.5 Å². The summed E-state index contributed by atoms with van der Waals surface area (Å²) >= 11 is 0. The van der Waals surface area contributed by atoms with Gasteiger partial charge in [-0.15, -0.1) is 0 Å². The van der Waals surface area contributed by atoms with E-state index in [1.54, 1.807) is 0 Å². The summed E-state index contributed by atoms with van der Waals surface area (Å²) in [7, 11) is 2.00. The Bertz CT molecular complexity index is 415.